The molecule has 1 aromatic heterocycles. The number of anilines is 1. The summed E-state index contributed by atoms with van der Waals surface area (Å²) >= 11 is 5.92. The first kappa shape index (κ1) is 15.4. The first-order valence-corrected chi connectivity index (χ1v) is 6.31. The molecule has 21 heavy (non-hydrogen) atoms. The minimum absolute atomic E-state index is 0.197. The van der Waals surface area contributed by atoms with Gasteiger partial charge in [-0.3, -0.25) is 0 Å². The lowest BCUT2D eigenvalue weighted by Gasteiger charge is -2.16. The van der Waals surface area contributed by atoms with E-state index in [0.717, 1.165) is 5.56 Å². The van der Waals surface area contributed by atoms with Crippen LogP contribution < -0.4 is 10.1 Å². The molecule has 2 aromatic rings. The Hall–Kier alpha value is -2.02. The largest absolute Gasteiger partial charge is 0.573 e. The lowest BCUT2D eigenvalue weighted by atomic mass is 10.1. The van der Waals surface area contributed by atoms with Crippen molar-refractivity contribution >= 4 is 17.4 Å². The standard InChI is InChI=1S/C13H11ClF3N3O/c1-8(20-12-11(14)6-18-7-19-12)9-2-4-10(5-3-9)21-13(15,16)17/h2-8H,1H3,(H,18,19,20)/t8-/m0/s1. The number of nitrogens with one attached hydrogen (secondary N) is 1. The number of benzene rings is 1. The van der Waals surface area contributed by atoms with Gasteiger partial charge in [0.15, 0.2) is 0 Å². The van der Waals surface area contributed by atoms with Crippen molar-refractivity contribution in [2.75, 3.05) is 5.32 Å². The summed E-state index contributed by atoms with van der Waals surface area (Å²) in [4.78, 5) is 7.75. The van der Waals surface area contributed by atoms with E-state index in [1.54, 1.807) is 0 Å². The van der Waals surface area contributed by atoms with Gasteiger partial charge in [-0.05, 0) is 24.6 Å². The minimum Gasteiger partial charge on any atom is -0.406 e. The Morgan fingerprint density at radius 1 is 1.24 bits per heavy atom. The van der Waals surface area contributed by atoms with E-state index in [4.69, 9.17) is 11.6 Å². The molecule has 0 radical (unpaired) electrons. The van der Waals surface area contributed by atoms with E-state index >= 15 is 0 Å². The first-order valence-electron chi connectivity index (χ1n) is 5.93. The SMILES string of the molecule is C[C@H](Nc1ncncc1Cl)c1ccc(OC(F)(F)F)cc1. The molecule has 0 spiro atoms. The van der Waals surface area contributed by atoms with Crippen LogP contribution >= 0.6 is 11.6 Å². The van der Waals surface area contributed by atoms with E-state index in [2.05, 4.69) is 20.0 Å². The predicted molar refractivity (Wildman–Crippen MR) is 72.2 cm³/mol. The first-order chi connectivity index (χ1) is 9.85. The lowest BCUT2D eigenvalue weighted by Crippen LogP contribution is -2.17. The van der Waals surface area contributed by atoms with E-state index in [-0.39, 0.29) is 11.8 Å². The van der Waals surface area contributed by atoms with Crippen molar-refractivity contribution in [3.8, 4) is 5.75 Å². The number of rotatable bonds is 4. The molecule has 4 nitrogen and oxygen atoms in total. The summed E-state index contributed by atoms with van der Waals surface area (Å²) in [5.74, 6) is 0.188. The Morgan fingerprint density at radius 3 is 2.48 bits per heavy atom. The maximum atomic E-state index is 12.1. The van der Waals surface area contributed by atoms with E-state index < -0.39 is 6.36 Å². The molecule has 1 atom stereocenters. The highest BCUT2D eigenvalue weighted by Gasteiger charge is 2.31. The van der Waals surface area contributed by atoms with Crippen molar-refractivity contribution in [3.05, 3.63) is 47.4 Å². The molecule has 0 aliphatic heterocycles. The summed E-state index contributed by atoms with van der Waals surface area (Å²) in [6.07, 6.45) is -1.90. The molecular formula is C13H11ClF3N3O. The lowest BCUT2D eigenvalue weighted by molar-refractivity contribution is -0.274. The Balaban J connectivity index is 2.06. The van der Waals surface area contributed by atoms with Crippen LogP contribution in [0.1, 0.15) is 18.5 Å². The molecule has 0 fully saturated rings. The van der Waals surface area contributed by atoms with Gasteiger partial charge in [0.2, 0.25) is 0 Å². The summed E-state index contributed by atoms with van der Waals surface area (Å²) in [5, 5.41) is 3.41. The smallest absolute Gasteiger partial charge is 0.406 e. The zero-order valence-corrected chi connectivity index (χ0v) is 11.6. The van der Waals surface area contributed by atoms with Gasteiger partial charge in [0.1, 0.15) is 22.9 Å². The van der Waals surface area contributed by atoms with Crippen molar-refractivity contribution in [1.29, 1.82) is 0 Å². The number of nitrogens with zero attached hydrogens (tertiary/aromatic N) is 2. The molecule has 0 saturated heterocycles. The third-order valence-electron chi connectivity index (χ3n) is 2.63. The number of alkyl halides is 3. The Kier molecular flexibility index (Phi) is 4.52. The van der Waals surface area contributed by atoms with E-state index in [0.29, 0.717) is 10.8 Å². The van der Waals surface area contributed by atoms with Gasteiger partial charge < -0.3 is 10.1 Å². The Labute approximate surface area is 123 Å². The van der Waals surface area contributed by atoms with Gasteiger partial charge in [-0.1, -0.05) is 23.7 Å². The normalized spacial score (nSPS) is 12.8. The van der Waals surface area contributed by atoms with Gasteiger partial charge in [-0.15, -0.1) is 13.2 Å². The number of hydrogen-bond donors (Lipinski definition) is 1. The van der Waals surface area contributed by atoms with Crippen LogP contribution in [-0.4, -0.2) is 16.3 Å². The summed E-state index contributed by atoms with van der Waals surface area (Å²) in [7, 11) is 0. The third-order valence-corrected chi connectivity index (χ3v) is 2.91. The number of halogens is 4. The molecule has 2 rings (SSSR count). The Bertz CT molecular complexity index is 604. The van der Waals surface area contributed by atoms with Crippen molar-refractivity contribution in [2.45, 2.75) is 19.3 Å². The summed E-state index contributed by atoms with van der Waals surface area (Å²) < 4.78 is 40.0. The fraction of sp³-hybridized carbons (Fsp3) is 0.231. The average Bonchev–Trinajstić information content (AvgIpc) is 2.40. The topological polar surface area (TPSA) is 47.0 Å². The van der Waals surface area contributed by atoms with Gasteiger partial charge in [0, 0.05) is 6.04 Å². The van der Waals surface area contributed by atoms with Crippen LogP contribution in [0.2, 0.25) is 5.02 Å². The molecule has 112 valence electrons. The van der Waals surface area contributed by atoms with Crippen molar-refractivity contribution < 1.29 is 17.9 Å². The molecule has 0 saturated carbocycles. The monoisotopic (exact) mass is 317 g/mol. The highest BCUT2D eigenvalue weighted by molar-refractivity contribution is 6.32. The number of ether oxygens (including phenoxy) is 1. The zero-order valence-electron chi connectivity index (χ0n) is 10.9. The van der Waals surface area contributed by atoms with Crippen LogP contribution in [0.15, 0.2) is 36.8 Å². The molecule has 1 heterocycles. The van der Waals surface area contributed by atoms with Gasteiger partial charge in [-0.2, -0.15) is 0 Å². The van der Waals surface area contributed by atoms with Crippen molar-refractivity contribution in [3.63, 3.8) is 0 Å². The van der Waals surface area contributed by atoms with Crippen molar-refractivity contribution in [2.24, 2.45) is 0 Å². The molecular weight excluding hydrogens is 307 g/mol. The van der Waals surface area contributed by atoms with Crippen LogP contribution in [0.3, 0.4) is 0 Å². The maximum Gasteiger partial charge on any atom is 0.573 e. The van der Waals surface area contributed by atoms with Crippen molar-refractivity contribution in [1.82, 2.24) is 9.97 Å². The maximum absolute atomic E-state index is 12.1. The molecule has 0 unspecified atom stereocenters. The van der Waals surface area contributed by atoms with Crippen LogP contribution in [0, 0.1) is 0 Å². The van der Waals surface area contributed by atoms with E-state index in [1.807, 2.05) is 6.92 Å². The number of hydrogen-bond acceptors (Lipinski definition) is 4. The van der Waals surface area contributed by atoms with Gasteiger partial charge in [0.25, 0.3) is 0 Å². The van der Waals surface area contributed by atoms with Crippen LogP contribution in [0.4, 0.5) is 19.0 Å². The second-order valence-corrected chi connectivity index (χ2v) is 4.61. The Morgan fingerprint density at radius 2 is 1.90 bits per heavy atom. The quantitative estimate of drug-likeness (QED) is 0.918. The molecule has 1 N–H and O–H groups in total. The zero-order chi connectivity index (χ0) is 15.5. The van der Waals surface area contributed by atoms with Gasteiger partial charge in [-0.25, -0.2) is 9.97 Å². The van der Waals surface area contributed by atoms with Gasteiger partial charge >= 0.3 is 6.36 Å². The van der Waals surface area contributed by atoms with Gasteiger partial charge in [0.05, 0.1) is 6.20 Å². The second-order valence-electron chi connectivity index (χ2n) is 4.20. The third kappa shape index (κ3) is 4.49. The van der Waals surface area contributed by atoms with Crippen LogP contribution in [0.5, 0.6) is 5.75 Å². The highest BCUT2D eigenvalue weighted by atomic mass is 35.5. The number of aromatic nitrogens is 2. The summed E-state index contributed by atoms with van der Waals surface area (Å²) in [5.41, 5.74) is 0.763. The minimum atomic E-state index is -4.69. The summed E-state index contributed by atoms with van der Waals surface area (Å²) in [6.45, 7) is 1.83. The molecule has 0 bridgehead atoms. The van der Waals surface area contributed by atoms with Crippen LogP contribution in [-0.2, 0) is 0 Å². The molecule has 8 heteroatoms. The van der Waals surface area contributed by atoms with E-state index in [9.17, 15) is 13.2 Å². The van der Waals surface area contributed by atoms with Crippen LogP contribution in [0.25, 0.3) is 0 Å². The molecule has 0 aliphatic rings. The summed E-state index contributed by atoms with van der Waals surface area (Å²) in [6, 6.07) is 5.38. The fourth-order valence-corrected chi connectivity index (χ4v) is 1.83. The fourth-order valence-electron chi connectivity index (χ4n) is 1.67. The second kappa shape index (κ2) is 6.17. The van der Waals surface area contributed by atoms with E-state index in [1.165, 1.54) is 36.8 Å². The highest BCUT2D eigenvalue weighted by Crippen LogP contribution is 2.26. The average molecular weight is 318 g/mol. The predicted octanol–water partition coefficient (Wildman–Crippen LogP) is 4.20. The molecule has 1 aromatic carbocycles. The molecule has 0 aliphatic carbocycles. The molecule has 0 amide bonds.